The van der Waals surface area contributed by atoms with Crippen LogP contribution in [-0.2, 0) is 12.8 Å². The van der Waals surface area contributed by atoms with Crippen LogP contribution in [0, 0.1) is 13.8 Å². The Balaban J connectivity index is 1.80. The lowest BCUT2D eigenvalue weighted by molar-refractivity contribution is 0.102. The molecule has 1 amide bonds. The molecule has 2 aromatic carbocycles. The molecular formula is C18H19NO. The van der Waals surface area contributed by atoms with Crippen molar-refractivity contribution in [3.63, 3.8) is 0 Å². The monoisotopic (exact) mass is 265 g/mol. The average Bonchev–Trinajstić information content (AvgIpc) is 2.89. The number of amides is 1. The molecule has 1 aliphatic carbocycles. The quantitative estimate of drug-likeness (QED) is 0.872. The molecule has 0 saturated carbocycles. The summed E-state index contributed by atoms with van der Waals surface area (Å²) in [5.74, 6) is -0.0361. The predicted molar refractivity (Wildman–Crippen MR) is 82.3 cm³/mol. The normalized spacial score (nSPS) is 13.1. The second kappa shape index (κ2) is 5.12. The maximum absolute atomic E-state index is 12.3. The SMILES string of the molecule is Cc1ccc(C(=O)Nc2ccc3c(c2)CCC3)cc1C. The standard InChI is InChI=1S/C18H19NO/c1-12-6-7-16(10-13(12)2)18(20)19-17-9-8-14-4-3-5-15(14)11-17/h6-11H,3-5H2,1-2H3,(H,19,20). The Hall–Kier alpha value is -2.09. The topological polar surface area (TPSA) is 29.1 Å². The summed E-state index contributed by atoms with van der Waals surface area (Å²) in [5, 5.41) is 3.00. The van der Waals surface area contributed by atoms with Crippen LogP contribution in [0.1, 0.15) is 39.0 Å². The highest BCUT2D eigenvalue weighted by molar-refractivity contribution is 6.04. The van der Waals surface area contributed by atoms with Gasteiger partial charge in [-0.3, -0.25) is 4.79 Å². The molecule has 102 valence electrons. The van der Waals surface area contributed by atoms with E-state index in [9.17, 15) is 4.79 Å². The summed E-state index contributed by atoms with van der Waals surface area (Å²) < 4.78 is 0. The zero-order chi connectivity index (χ0) is 14.1. The number of rotatable bonds is 2. The summed E-state index contributed by atoms with van der Waals surface area (Å²) in [5.41, 5.74) is 6.77. The molecule has 2 heteroatoms. The van der Waals surface area contributed by atoms with Gasteiger partial charge in [0, 0.05) is 11.3 Å². The van der Waals surface area contributed by atoms with Crippen molar-refractivity contribution in [2.45, 2.75) is 33.1 Å². The Bertz CT molecular complexity index is 673. The van der Waals surface area contributed by atoms with Gasteiger partial charge in [-0.25, -0.2) is 0 Å². The van der Waals surface area contributed by atoms with Crippen molar-refractivity contribution in [1.82, 2.24) is 0 Å². The van der Waals surface area contributed by atoms with Gasteiger partial charge in [0.15, 0.2) is 0 Å². The number of nitrogens with one attached hydrogen (secondary N) is 1. The van der Waals surface area contributed by atoms with Gasteiger partial charge in [-0.15, -0.1) is 0 Å². The Morgan fingerprint density at radius 3 is 2.55 bits per heavy atom. The van der Waals surface area contributed by atoms with Crippen molar-refractivity contribution in [1.29, 1.82) is 0 Å². The van der Waals surface area contributed by atoms with E-state index in [0.717, 1.165) is 17.7 Å². The van der Waals surface area contributed by atoms with Gasteiger partial charge in [-0.1, -0.05) is 12.1 Å². The van der Waals surface area contributed by atoms with E-state index in [1.54, 1.807) is 0 Å². The smallest absolute Gasteiger partial charge is 0.255 e. The second-order valence-electron chi connectivity index (χ2n) is 5.59. The van der Waals surface area contributed by atoms with Gasteiger partial charge in [-0.05, 0) is 79.6 Å². The molecule has 2 aromatic rings. The lowest BCUT2D eigenvalue weighted by Crippen LogP contribution is -2.12. The molecule has 0 atom stereocenters. The largest absolute Gasteiger partial charge is 0.322 e. The molecule has 1 aliphatic rings. The predicted octanol–water partition coefficient (Wildman–Crippen LogP) is 4.04. The fourth-order valence-corrected chi connectivity index (χ4v) is 2.74. The lowest BCUT2D eigenvalue weighted by atomic mass is 10.1. The summed E-state index contributed by atoms with van der Waals surface area (Å²) in [6.07, 6.45) is 3.52. The third kappa shape index (κ3) is 2.46. The molecule has 0 spiro atoms. The van der Waals surface area contributed by atoms with Gasteiger partial charge in [0.25, 0.3) is 5.91 Å². The first-order valence-electron chi connectivity index (χ1n) is 7.14. The molecule has 0 fully saturated rings. The number of benzene rings is 2. The molecule has 1 N–H and O–H groups in total. The van der Waals surface area contributed by atoms with Gasteiger partial charge >= 0.3 is 0 Å². The van der Waals surface area contributed by atoms with E-state index in [4.69, 9.17) is 0 Å². The number of anilines is 1. The summed E-state index contributed by atoms with van der Waals surface area (Å²) >= 11 is 0. The molecule has 0 heterocycles. The number of aryl methyl sites for hydroxylation is 4. The minimum Gasteiger partial charge on any atom is -0.322 e. The van der Waals surface area contributed by atoms with Crippen LogP contribution < -0.4 is 5.32 Å². The van der Waals surface area contributed by atoms with Crippen LogP contribution in [0.2, 0.25) is 0 Å². The van der Waals surface area contributed by atoms with Crippen LogP contribution in [0.15, 0.2) is 36.4 Å². The van der Waals surface area contributed by atoms with Crippen molar-refractivity contribution in [3.05, 3.63) is 64.2 Å². The van der Waals surface area contributed by atoms with Crippen LogP contribution >= 0.6 is 0 Å². The maximum atomic E-state index is 12.3. The van der Waals surface area contributed by atoms with E-state index >= 15 is 0 Å². The summed E-state index contributed by atoms with van der Waals surface area (Å²) in [6.45, 7) is 4.08. The minimum atomic E-state index is -0.0361. The van der Waals surface area contributed by atoms with E-state index in [0.29, 0.717) is 5.56 Å². The van der Waals surface area contributed by atoms with Crippen LogP contribution in [0.3, 0.4) is 0 Å². The Morgan fingerprint density at radius 2 is 1.75 bits per heavy atom. The summed E-state index contributed by atoms with van der Waals surface area (Å²) in [7, 11) is 0. The Labute approximate surface area is 119 Å². The third-order valence-corrected chi connectivity index (χ3v) is 4.13. The first-order valence-corrected chi connectivity index (χ1v) is 7.14. The first kappa shape index (κ1) is 12.9. The van der Waals surface area contributed by atoms with E-state index in [1.165, 1.54) is 29.5 Å². The molecule has 0 radical (unpaired) electrons. The second-order valence-corrected chi connectivity index (χ2v) is 5.59. The summed E-state index contributed by atoms with van der Waals surface area (Å²) in [4.78, 5) is 12.3. The van der Waals surface area contributed by atoms with Crippen molar-refractivity contribution in [2.24, 2.45) is 0 Å². The molecular weight excluding hydrogens is 246 g/mol. The minimum absolute atomic E-state index is 0.0361. The van der Waals surface area contributed by atoms with Gasteiger partial charge < -0.3 is 5.32 Å². The molecule has 0 saturated heterocycles. The maximum Gasteiger partial charge on any atom is 0.255 e. The van der Waals surface area contributed by atoms with E-state index in [-0.39, 0.29) is 5.91 Å². The summed E-state index contributed by atoms with van der Waals surface area (Å²) in [6, 6.07) is 12.1. The van der Waals surface area contributed by atoms with E-state index < -0.39 is 0 Å². The van der Waals surface area contributed by atoms with E-state index in [1.807, 2.05) is 31.2 Å². The van der Waals surface area contributed by atoms with Gasteiger partial charge in [0.2, 0.25) is 0 Å². The molecule has 0 aromatic heterocycles. The highest BCUT2D eigenvalue weighted by Crippen LogP contribution is 2.25. The highest BCUT2D eigenvalue weighted by atomic mass is 16.1. The van der Waals surface area contributed by atoms with Crippen LogP contribution in [-0.4, -0.2) is 5.91 Å². The van der Waals surface area contributed by atoms with E-state index in [2.05, 4.69) is 24.4 Å². The van der Waals surface area contributed by atoms with Gasteiger partial charge in [0.05, 0.1) is 0 Å². The fourth-order valence-electron chi connectivity index (χ4n) is 2.74. The number of carbonyl (C=O) groups is 1. The zero-order valence-electron chi connectivity index (χ0n) is 12.0. The van der Waals surface area contributed by atoms with Crippen LogP contribution in [0.5, 0.6) is 0 Å². The molecule has 0 unspecified atom stereocenters. The Kier molecular flexibility index (Phi) is 3.31. The number of carbonyl (C=O) groups excluding carboxylic acids is 1. The van der Waals surface area contributed by atoms with Crippen molar-refractivity contribution in [3.8, 4) is 0 Å². The van der Waals surface area contributed by atoms with Gasteiger partial charge in [-0.2, -0.15) is 0 Å². The van der Waals surface area contributed by atoms with Crippen molar-refractivity contribution >= 4 is 11.6 Å². The first-order chi connectivity index (χ1) is 9.63. The number of hydrogen-bond acceptors (Lipinski definition) is 1. The average molecular weight is 265 g/mol. The van der Waals surface area contributed by atoms with Crippen molar-refractivity contribution < 1.29 is 4.79 Å². The molecule has 0 aliphatic heterocycles. The molecule has 3 rings (SSSR count). The molecule has 20 heavy (non-hydrogen) atoms. The van der Waals surface area contributed by atoms with Gasteiger partial charge in [0.1, 0.15) is 0 Å². The van der Waals surface area contributed by atoms with Crippen LogP contribution in [0.25, 0.3) is 0 Å². The zero-order valence-corrected chi connectivity index (χ0v) is 12.0. The van der Waals surface area contributed by atoms with Crippen molar-refractivity contribution in [2.75, 3.05) is 5.32 Å². The third-order valence-electron chi connectivity index (χ3n) is 4.13. The Morgan fingerprint density at radius 1 is 0.950 bits per heavy atom. The highest BCUT2D eigenvalue weighted by Gasteiger charge is 2.12. The lowest BCUT2D eigenvalue weighted by Gasteiger charge is -2.09. The van der Waals surface area contributed by atoms with Crippen LogP contribution in [0.4, 0.5) is 5.69 Å². The molecule has 0 bridgehead atoms. The number of hydrogen-bond donors (Lipinski definition) is 1. The number of fused-ring (bicyclic) bond motifs is 1. The molecule has 2 nitrogen and oxygen atoms in total. The fraction of sp³-hybridized carbons (Fsp3) is 0.278.